The highest BCUT2D eigenvalue weighted by atomic mass is 16.4. The van der Waals surface area contributed by atoms with Gasteiger partial charge in [0.15, 0.2) is 0 Å². The molecule has 1 aliphatic carbocycles. The number of nitrogens with zero attached hydrogens (tertiary/aromatic N) is 1. The zero-order valence-electron chi connectivity index (χ0n) is 11.9. The molecule has 1 aliphatic heterocycles. The number of anilines is 1. The van der Waals surface area contributed by atoms with Crippen molar-refractivity contribution in [2.45, 2.75) is 13.3 Å². The van der Waals surface area contributed by atoms with Gasteiger partial charge in [-0.1, -0.05) is 12.1 Å². The van der Waals surface area contributed by atoms with Crippen LogP contribution < -0.4 is 10.7 Å². The van der Waals surface area contributed by atoms with Crippen molar-refractivity contribution in [2.75, 3.05) is 5.32 Å². The Morgan fingerprint density at radius 3 is 2.64 bits per heavy atom. The molecule has 1 saturated carbocycles. The minimum Gasteiger partial charge on any atom is -0.481 e. The predicted octanol–water partition coefficient (Wildman–Crippen LogP) is 0.816. The van der Waals surface area contributed by atoms with E-state index >= 15 is 0 Å². The van der Waals surface area contributed by atoms with Crippen molar-refractivity contribution in [1.29, 1.82) is 0 Å². The van der Waals surface area contributed by atoms with E-state index in [2.05, 4.69) is 15.8 Å². The highest BCUT2D eigenvalue weighted by Crippen LogP contribution is 2.43. The van der Waals surface area contributed by atoms with E-state index in [1.54, 1.807) is 24.3 Å². The second-order valence-corrected chi connectivity index (χ2v) is 5.55. The third kappa shape index (κ3) is 2.57. The van der Waals surface area contributed by atoms with Gasteiger partial charge in [-0.05, 0) is 31.0 Å². The van der Waals surface area contributed by atoms with Crippen LogP contribution in [0.3, 0.4) is 0 Å². The van der Waals surface area contributed by atoms with Crippen molar-refractivity contribution in [1.82, 2.24) is 5.43 Å². The van der Waals surface area contributed by atoms with Gasteiger partial charge in [-0.3, -0.25) is 14.4 Å². The van der Waals surface area contributed by atoms with E-state index in [4.69, 9.17) is 5.11 Å². The summed E-state index contributed by atoms with van der Waals surface area (Å²) in [6, 6.07) is 6.98. The van der Waals surface area contributed by atoms with Gasteiger partial charge in [0.05, 0.1) is 5.71 Å². The first-order chi connectivity index (χ1) is 10.5. The number of aliphatic carboxylic acids is 1. The number of hydrogen-bond acceptors (Lipinski definition) is 4. The van der Waals surface area contributed by atoms with Gasteiger partial charge in [0.25, 0.3) is 0 Å². The molecule has 1 aromatic carbocycles. The summed E-state index contributed by atoms with van der Waals surface area (Å²) < 4.78 is 0. The molecule has 3 rings (SSSR count). The Kier molecular flexibility index (Phi) is 3.40. The van der Waals surface area contributed by atoms with Gasteiger partial charge in [0.1, 0.15) is 5.92 Å². The van der Waals surface area contributed by atoms with Gasteiger partial charge in [-0.15, -0.1) is 0 Å². The lowest BCUT2D eigenvalue weighted by atomic mass is 10.0. The molecule has 3 N–H and O–H groups in total. The molecule has 7 heteroatoms. The molecular weight excluding hydrogens is 286 g/mol. The number of carboxylic acids is 1. The van der Waals surface area contributed by atoms with E-state index in [0.29, 0.717) is 5.69 Å². The summed E-state index contributed by atoms with van der Waals surface area (Å²) in [4.78, 5) is 33.8. The molecule has 0 bridgehead atoms. The fourth-order valence-electron chi connectivity index (χ4n) is 2.43. The number of rotatable bonds is 4. The van der Waals surface area contributed by atoms with Crippen LogP contribution in [0.2, 0.25) is 0 Å². The summed E-state index contributed by atoms with van der Waals surface area (Å²) in [5.74, 6) is -2.65. The number of carbonyl (C=O) groups excluding carboxylic acids is 2. The van der Waals surface area contributed by atoms with Crippen molar-refractivity contribution in [3.8, 4) is 0 Å². The minimum absolute atomic E-state index is 0.0275. The molecule has 7 nitrogen and oxygen atoms in total. The van der Waals surface area contributed by atoms with Crippen LogP contribution in [0.25, 0.3) is 0 Å². The van der Waals surface area contributed by atoms with Gasteiger partial charge in [-0.25, -0.2) is 5.43 Å². The maximum absolute atomic E-state index is 11.7. The second-order valence-electron chi connectivity index (χ2n) is 5.55. The number of carboxylic acid groups (broad SMARTS) is 1. The quantitative estimate of drug-likeness (QED) is 0.715. The average molecular weight is 301 g/mol. The van der Waals surface area contributed by atoms with E-state index in [-0.39, 0.29) is 17.7 Å². The smallest absolute Gasteiger partial charge is 0.315 e. The largest absolute Gasteiger partial charge is 0.481 e. The number of fused-ring (bicyclic) bond motifs is 1. The van der Waals surface area contributed by atoms with E-state index in [0.717, 1.165) is 17.7 Å². The number of amides is 2. The summed E-state index contributed by atoms with van der Waals surface area (Å²) in [6.07, 6.45) is 0.819. The van der Waals surface area contributed by atoms with Crippen LogP contribution in [0.4, 0.5) is 5.69 Å². The molecule has 0 spiro atoms. The van der Waals surface area contributed by atoms with Crippen molar-refractivity contribution < 1.29 is 19.5 Å². The zero-order chi connectivity index (χ0) is 15.9. The Bertz CT molecular complexity index is 681. The first kappa shape index (κ1) is 14.2. The van der Waals surface area contributed by atoms with Crippen LogP contribution in [0, 0.1) is 17.8 Å². The molecule has 0 saturated heterocycles. The molecule has 0 radical (unpaired) electrons. The summed E-state index contributed by atoms with van der Waals surface area (Å²) in [7, 11) is 0. The van der Waals surface area contributed by atoms with Gasteiger partial charge in [0.2, 0.25) is 11.8 Å². The van der Waals surface area contributed by atoms with Crippen molar-refractivity contribution in [2.24, 2.45) is 22.9 Å². The normalized spacial score (nSPS) is 23.7. The Morgan fingerprint density at radius 2 is 2.00 bits per heavy atom. The van der Waals surface area contributed by atoms with Gasteiger partial charge in [0, 0.05) is 17.5 Å². The molecular formula is C15H15N3O4. The first-order valence-electron chi connectivity index (χ1n) is 6.99. The van der Waals surface area contributed by atoms with Crippen LogP contribution in [-0.2, 0) is 14.4 Å². The van der Waals surface area contributed by atoms with E-state index in [1.807, 2.05) is 0 Å². The summed E-state index contributed by atoms with van der Waals surface area (Å²) >= 11 is 0. The third-order valence-electron chi connectivity index (χ3n) is 3.98. The average Bonchev–Trinajstić information content (AvgIpc) is 3.29. The van der Waals surface area contributed by atoms with Crippen LogP contribution in [0.1, 0.15) is 18.9 Å². The lowest BCUT2D eigenvalue weighted by molar-refractivity contribution is -0.144. The van der Waals surface area contributed by atoms with Gasteiger partial charge >= 0.3 is 5.97 Å². The topological polar surface area (TPSA) is 108 Å². The number of hydrazone groups is 1. The molecule has 2 amide bonds. The number of benzene rings is 1. The van der Waals surface area contributed by atoms with Gasteiger partial charge in [-0.2, -0.15) is 5.10 Å². The number of hydrogen-bond donors (Lipinski definition) is 3. The molecule has 1 fully saturated rings. The molecule has 2 aliphatic rings. The number of carbonyl (C=O) groups is 3. The molecule has 1 aromatic rings. The van der Waals surface area contributed by atoms with Crippen molar-refractivity contribution in [3.05, 3.63) is 29.8 Å². The molecule has 0 aromatic heterocycles. The Morgan fingerprint density at radius 1 is 1.32 bits per heavy atom. The molecule has 3 atom stereocenters. The Balaban J connectivity index is 1.70. The SMILES string of the molecule is CC(C(=O)O)C(=O)Nc1ccc(C2=NNC(=O)C3CC23)cc1. The maximum atomic E-state index is 11.7. The van der Waals surface area contributed by atoms with Gasteiger partial charge < -0.3 is 10.4 Å². The summed E-state index contributed by atoms with van der Waals surface area (Å²) in [5, 5.41) is 15.4. The van der Waals surface area contributed by atoms with Crippen LogP contribution >= 0.6 is 0 Å². The fraction of sp³-hybridized carbons (Fsp3) is 0.333. The summed E-state index contributed by atoms with van der Waals surface area (Å²) in [6.45, 7) is 1.33. The second kappa shape index (κ2) is 5.25. The molecule has 3 unspecified atom stereocenters. The highest BCUT2D eigenvalue weighted by Gasteiger charge is 2.49. The zero-order valence-corrected chi connectivity index (χ0v) is 11.9. The van der Waals surface area contributed by atoms with Crippen molar-refractivity contribution >= 4 is 29.2 Å². The Hall–Kier alpha value is -2.70. The number of nitrogens with one attached hydrogen (secondary N) is 2. The van der Waals surface area contributed by atoms with E-state index < -0.39 is 17.8 Å². The standard InChI is InChI=1S/C15H15N3O4/c1-7(15(21)22)13(19)16-9-4-2-8(3-5-9)12-10-6-11(10)14(20)18-17-12/h2-5,7,10-11H,6H2,1H3,(H,16,19)(H,18,20)(H,21,22). The lowest BCUT2D eigenvalue weighted by Crippen LogP contribution is -2.29. The minimum atomic E-state index is -1.17. The predicted molar refractivity (Wildman–Crippen MR) is 78.1 cm³/mol. The fourth-order valence-corrected chi connectivity index (χ4v) is 2.43. The molecule has 22 heavy (non-hydrogen) atoms. The molecule has 1 heterocycles. The van der Waals surface area contributed by atoms with Crippen LogP contribution in [0.5, 0.6) is 0 Å². The van der Waals surface area contributed by atoms with E-state index in [1.165, 1.54) is 6.92 Å². The van der Waals surface area contributed by atoms with Crippen LogP contribution in [0.15, 0.2) is 29.4 Å². The summed E-state index contributed by atoms with van der Waals surface area (Å²) in [5.41, 5.74) is 4.77. The highest BCUT2D eigenvalue weighted by molar-refractivity contribution is 6.10. The Labute approximate surface area is 126 Å². The maximum Gasteiger partial charge on any atom is 0.315 e. The molecule has 114 valence electrons. The monoisotopic (exact) mass is 301 g/mol. The lowest BCUT2D eigenvalue weighted by Gasteiger charge is -2.13. The third-order valence-corrected chi connectivity index (χ3v) is 3.98. The van der Waals surface area contributed by atoms with Crippen LogP contribution in [-0.4, -0.2) is 28.6 Å². The van der Waals surface area contributed by atoms with Crippen molar-refractivity contribution in [3.63, 3.8) is 0 Å². The first-order valence-corrected chi connectivity index (χ1v) is 6.99. The van der Waals surface area contributed by atoms with E-state index in [9.17, 15) is 14.4 Å².